The van der Waals surface area contributed by atoms with Gasteiger partial charge in [-0.05, 0) is 50.0 Å². The van der Waals surface area contributed by atoms with E-state index in [1.165, 1.54) is 24.6 Å². The fraction of sp³-hybridized carbons (Fsp3) is 0.533. The second-order valence-electron chi connectivity index (χ2n) is 5.41. The van der Waals surface area contributed by atoms with Gasteiger partial charge in [-0.2, -0.15) is 0 Å². The summed E-state index contributed by atoms with van der Waals surface area (Å²) in [5.74, 6) is 0.294. The largest absolute Gasteiger partial charge is 0.397 e. The molecule has 110 valence electrons. The van der Waals surface area contributed by atoms with Crippen LogP contribution in [-0.4, -0.2) is 30.4 Å². The summed E-state index contributed by atoms with van der Waals surface area (Å²) in [5, 5.41) is 2.74. The lowest BCUT2D eigenvalue weighted by atomic mass is 9.94. The number of carbonyl (C=O) groups excluding carboxylic acids is 1. The first-order valence-corrected chi connectivity index (χ1v) is 7.15. The van der Waals surface area contributed by atoms with Crippen molar-refractivity contribution in [2.24, 2.45) is 5.92 Å². The quantitative estimate of drug-likeness (QED) is 0.832. The molecule has 5 heteroatoms. The summed E-state index contributed by atoms with van der Waals surface area (Å²) >= 11 is 0. The highest BCUT2D eigenvalue weighted by Crippen LogP contribution is 2.21. The van der Waals surface area contributed by atoms with Gasteiger partial charge in [0.2, 0.25) is 5.91 Å². The molecule has 0 unspecified atom stereocenters. The first-order chi connectivity index (χ1) is 9.58. The number of hydrogen-bond donors (Lipinski definition) is 2. The lowest BCUT2D eigenvalue weighted by Crippen LogP contribution is -2.39. The van der Waals surface area contributed by atoms with Crippen LogP contribution in [0.3, 0.4) is 0 Å². The molecule has 0 saturated carbocycles. The highest BCUT2D eigenvalue weighted by Gasteiger charge is 2.19. The third-order valence-corrected chi connectivity index (χ3v) is 3.94. The van der Waals surface area contributed by atoms with Crippen LogP contribution in [0.15, 0.2) is 18.2 Å². The van der Waals surface area contributed by atoms with E-state index in [0.717, 1.165) is 31.8 Å². The van der Waals surface area contributed by atoms with Gasteiger partial charge in [0.1, 0.15) is 5.82 Å². The van der Waals surface area contributed by atoms with Crippen LogP contribution in [0.4, 0.5) is 15.8 Å². The van der Waals surface area contributed by atoms with Crippen LogP contribution in [-0.2, 0) is 4.79 Å². The topological polar surface area (TPSA) is 58.4 Å². The number of benzene rings is 1. The van der Waals surface area contributed by atoms with Gasteiger partial charge in [0.15, 0.2) is 0 Å². The standard InChI is InChI=1S/C15H22FN3O/c1-2-11-5-7-19(8-6-11)10-15(20)18-14-4-3-12(16)9-13(14)17/h3-4,9,11H,2,5-8,10,17H2,1H3,(H,18,20). The van der Waals surface area contributed by atoms with Crippen LogP contribution in [0.2, 0.25) is 0 Å². The van der Waals surface area contributed by atoms with Crippen molar-refractivity contribution < 1.29 is 9.18 Å². The van der Waals surface area contributed by atoms with Crippen molar-refractivity contribution >= 4 is 17.3 Å². The summed E-state index contributed by atoms with van der Waals surface area (Å²) in [6, 6.07) is 3.99. The Hall–Kier alpha value is -1.62. The minimum absolute atomic E-state index is 0.0988. The monoisotopic (exact) mass is 279 g/mol. The molecule has 0 radical (unpaired) electrons. The van der Waals surface area contributed by atoms with Gasteiger partial charge >= 0.3 is 0 Å². The van der Waals surface area contributed by atoms with Gasteiger partial charge in [-0.15, -0.1) is 0 Å². The van der Waals surface area contributed by atoms with Crippen molar-refractivity contribution in [1.82, 2.24) is 4.90 Å². The van der Waals surface area contributed by atoms with Gasteiger partial charge in [-0.3, -0.25) is 9.69 Å². The summed E-state index contributed by atoms with van der Waals surface area (Å²) in [4.78, 5) is 14.1. The SMILES string of the molecule is CCC1CCN(CC(=O)Nc2ccc(F)cc2N)CC1. The Labute approximate surface area is 119 Å². The van der Waals surface area contributed by atoms with Gasteiger partial charge in [-0.25, -0.2) is 4.39 Å². The van der Waals surface area contributed by atoms with Crippen molar-refractivity contribution in [3.63, 3.8) is 0 Å². The zero-order valence-corrected chi connectivity index (χ0v) is 11.9. The Morgan fingerprint density at radius 2 is 2.15 bits per heavy atom. The summed E-state index contributed by atoms with van der Waals surface area (Å²) in [6.07, 6.45) is 3.52. The van der Waals surface area contributed by atoms with E-state index >= 15 is 0 Å². The number of likely N-dealkylation sites (tertiary alicyclic amines) is 1. The minimum atomic E-state index is -0.401. The lowest BCUT2D eigenvalue weighted by Gasteiger charge is -2.30. The van der Waals surface area contributed by atoms with E-state index in [4.69, 9.17) is 5.73 Å². The van der Waals surface area contributed by atoms with Crippen molar-refractivity contribution in [1.29, 1.82) is 0 Å². The normalized spacial score (nSPS) is 17.1. The third kappa shape index (κ3) is 3.93. The molecule has 1 saturated heterocycles. The average Bonchev–Trinajstić information content (AvgIpc) is 2.43. The first-order valence-electron chi connectivity index (χ1n) is 7.15. The molecular formula is C15H22FN3O. The van der Waals surface area contributed by atoms with Crippen molar-refractivity contribution in [2.75, 3.05) is 30.7 Å². The Kier molecular flexibility index (Phi) is 4.95. The second kappa shape index (κ2) is 6.70. The number of nitrogens with zero attached hydrogens (tertiary/aromatic N) is 1. The Morgan fingerprint density at radius 1 is 1.45 bits per heavy atom. The van der Waals surface area contributed by atoms with Crippen LogP contribution >= 0.6 is 0 Å². The third-order valence-electron chi connectivity index (χ3n) is 3.94. The lowest BCUT2D eigenvalue weighted by molar-refractivity contribution is -0.117. The highest BCUT2D eigenvalue weighted by atomic mass is 19.1. The zero-order chi connectivity index (χ0) is 14.5. The van der Waals surface area contributed by atoms with E-state index in [2.05, 4.69) is 17.1 Å². The van der Waals surface area contributed by atoms with E-state index in [1.807, 2.05) is 0 Å². The Balaban J connectivity index is 1.84. The molecular weight excluding hydrogens is 257 g/mol. The van der Waals surface area contributed by atoms with Crippen molar-refractivity contribution in [3.05, 3.63) is 24.0 Å². The number of halogens is 1. The number of carbonyl (C=O) groups is 1. The molecule has 1 aromatic rings. The number of piperidine rings is 1. The molecule has 1 heterocycles. The molecule has 0 aliphatic carbocycles. The van der Waals surface area contributed by atoms with Gasteiger partial charge in [0.05, 0.1) is 17.9 Å². The molecule has 0 aromatic heterocycles. The number of rotatable bonds is 4. The average molecular weight is 279 g/mol. The summed E-state index contributed by atoms with van der Waals surface area (Å²) in [7, 11) is 0. The summed E-state index contributed by atoms with van der Waals surface area (Å²) in [5.41, 5.74) is 6.40. The molecule has 1 fully saturated rings. The molecule has 0 atom stereocenters. The maximum absolute atomic E-state index is 12.9. The molecule has 2 rings (SSSR count). The summed E-state index contributed by atoms with van der Waals surface area (Å²) in [6.45, 7) is 4.51. The molecule has 1 amide bonds. The molecule has 0 spiro atoms. The zero-order valence-electron chi connectivity index (χ0n) is 11.9. The van der Waals surface area contributed by atoms with Crippen LogP contribution in [0.1, 0.15) is 26.2 Å². The maximum atomic E-state index is 12.9. The van der Waals surface area contributed by atoms with Crippen LogP contribution in [0, 0.1) is 11.7 Å². The number of nitrogen functional groups attached to an aromatic ring is 1. The molecule has 3 N–H and O–H groups in total. The van der Waals surface area contributed by atoms with Crippen molar-refractivity contribution in [2.45, 2.75) is 26.2 Å². The van der Waals surface area contributed by atoms with Crippen molar-refractivity contribution in [3.8, 4) is 0 Å². The van der Waals surface area contributed by atoms with E-state index in [0.29, 0.717) is 12.2 Å². The van der Waals surface area contributed by atoms with Gasteiger partial charge in [0, 0.05) is 0 Å². The van der Waals surface area contributed by atoms with Crippen LogP contribution < -0.4 is 11.1 Å². The van der Waals surface area contributed by atoms with E-state index in [9.17, 15) is 9.18 Å². The number of nitrogens with two attached hydrogens (primary N) is 1. The number of amides is 1. The van der Waals surface area contributed by atoms with E-state index in [-0.39, 0.29) is 11.6 Å². The highest BCUT2D eigenvalue weighted by molar-refractivity contribution is 5.95. The Morgan fingerprint density at radius 3 is 2.75 bits per heavy atom. The molecule has 20 heavy (non-hydrogen) atoms. The van der Waals surface area contributed by atoms with Crippen LogP contribution in [0.25, 0.3) is 0 Å². The fourth-order valence-corrected chi connectivity index (χ4v) is 2.59. The van der Waals surface area contributed by atoms with E-state index in [1.54, 1.807) is 0 Å². The second-order valence-corrected chi connectivity index (χ2v) is 5.41. The number of anilines is 2. The maximum Gasteiger partial charge on any atom is 0.238 e. The Bertz CT molecular complexity index is 470. The molecule has 1 aromatic carbocycles. The fourth-order valence-electron chi connectivity index (χ4n) is 2.59. The van der Waals surface area contributed by atoms with Gasteiger partial charge in [0.25, 0.3) is 0 Å². The summed E-state index contributed by atoms with van der Waals surface area (Å²) < 4.78 is 12.9. The molecule has 1 aliphatic rings. The van der Waals surface area contributed by atoms with Crippen LogP contribution in [0.5, 0.6) is 0 Å². The van der Waals surface area contributed by atoms with Gasteiger partial charge in [-0.1, -0.05) is 13.3 Å². The smallest absolute Gasteiger partial charge is 0.238 e. The number of hydrogen-bond acceptors (Lipinski definition) is 3. The first kappa shape index (κ1) is 14.8. The molecule has 0 bridgehead atoms. The minimum Gasteiger partial charge on any atom is -0.397 e. The van der Waals surface area contributed by atoms with Gasteiger partial charge < -0.3 is 11.1 Å². The predicted molar refractivity (Wildman–Crippen MR) is 78.9 cm³/mol. The predicted octanol–water partition coefficient (Wildman–Crippen LogP) is 2.47. The number of nitrogens with one attached hydrogen (secondary N) is 1. The molecule has 1 aliphatic heterocycles. The van der Waals surface area contributed by atoms with E-state index < -0.39 is 5.82 Å². The molecule has 4 nitrogen and oxygen atoms in total.